The lowest BCUT2D eigenvalue weighted by Crippen LogP contribution is -2.33. The molecule has 0 aliphatic heterocycles. The van der Waals surface area contributed by atoms with E-state index in [0.29, 0.717) is 12.2 Å². The molecule has 0 aliphatic carbocycles. The molecule has 1 aromatic carbocycles. The van der Waals surface area contributed by atoms with Gasteiger partial charge in [-0.1, -0.05) is 22.0 Å². The van der Waals surface area contributed by atoms with Crippen LogP contribution in [0.4, 0.5) is 0 Å². The van der Waals surface area contributed by atoms with E-state index in [1.165, 1.54) is 4.90 Å². The van der Waals surface area contributed by atoms with Crippen molar-refractivity contribution in [2.45, 2.75) is 13.8 Å². The van der Waals surface area contributed by atoms with E-state index in [1.54, 1.807) is 26.1 Å². The summed E-state index contributed by atoms with van der Waals surface area (Å²) < 4.78 is 5.68. The Kier molecular flexibility index (Phi) is 5.34. The highest BCUT2D eigenvalue weighted by atomic mass is 79.9. The summed E-state index contributed by atoms with van der Waals surface area (Å²) in [5.41, 5.74) is 1.44. The first-order chi connectivity index (χ1) is 8.47. The minimum atomic E-state index is -0.402. The summed E-state index contributed by atoms with van der Waals surface area (Å²) in [6.45, 7) is 3.86. The lowest BCUT2D eigenvalue weighted by molar-refractivity contribution is -0.143. The van der Waals surface area contributed by atoms with Gasteiger partial charge in [-0.05, 0) is 31.5 Å². The second-order valence-electron chi connectivity index (χ2n) is 3.88. The fourth-order valence-electron chi connectivity index (χ4n) is 1.52. The van der Waals surface area contributed by atoms with E-state index >= 15 is 0 Å². The number of carbonyl (C=O) groups is 2. The Morgan fingerprint density at radius 2 is 2.06 bits per heavy atom. The second kappa shape index (κ2) is 6.54. The Hall–Kier alpha value is -1.36. The van der Waals surface area contributed by atoms with Crippen LogP contribution in [0.15, 0.2) is 22.7 Å². The molecule has 0 spiro atoms. The lowest BCUT2D eigenvalue weighted by Gasteiger charge is -2.17. The van der Waals surface area contributed by atoms with E-state index in [0.717, 1.165) is 10.0 Å². The topological polar surface area (TPSA) is 46.6 Å². The van der Waals surface area contributed by atoms with E-state index in [-0.39, 0.29) is 12.5 Å². The summed E-state index contributed by atoms with van der Waals surface area (Å²) in [7, 11) is 1.58. The quantitative estimate of drug-likeness (QED) is 0.802. The number of hydrogen-bond acceptors (Lipinski definition) is 3. The average molecular weight is 314 g/mol. The predicted octanol–water partition coefficient (Wildman–Crippen LogP) is 2.39. The van der Waals surface area contributed by atoms with Crippen molar-refractivity contribution in [1.82, 2.24) is 4.90 Å². The van der Waals surface area contributed by atoms with E-state index in [4.69, 9.17) is 4.74 Å². The first-order valence-electron chi connectivity index (χ1n) is 5.63. The van der Waals surface area contributed by atoms with Gasteiger partial charge in [0.05, 0.1) is 6.61 Å². The number of ether oxygens (including phenoxy) is 1. The number of carbonyl (C=O) groups excluding carboxylic acids is 2. The molecule has 4 nitrogen and oxygen atoms in total. The normalized spacial score (nSPS) is 10.0. The summed E-state index contributed by atoms with van der Waals surface area (Å²) in [5, 5.41) is 0. The maximum atomic E-state index is 12.2. The van der Waals surface area contributed by atoms with Crippen molar-refractivity contribution in [3.05, 3.63) is 33.8 Å². The van der Waals surface area contributed by atoms with Gasteiger partial charge in [0.2, 0.25) is 0 Å². The fourth-order valence-corrected chi connectivity index (χ4v) is 1.88. The van der Waals surface area contributed by atoms with Crippen LogP contribution in [0.5, 0.6) is 0 Å². The van der Waals surface area contributed by atoms with Crippen LogP contribution >= 0.6 is 15.9 Å². The fraction of sp³-hybridized carbons (Fsp3) is 0.385. The van der Waals surface area contributed by atoms with Gasteiger partial charge in [-0.2, -0.15) is 0 Å². The Labute approximate surface area is 115 Å². The molecule has 1 rings (SSSR count). The molecule has 0 saturated carbocycles. The molecule has 0 N–H and O–H groups in total. The average Bonchev–Trinajstić information content (AvgIpc) is 2.32. The maximum Gasteiger partial charge on any atom is 0.325 e. The van der Waals surface area contributed by atoms with E-state index in [2.05, 4.69) is 15.9 Å². The Morgan fingerprint density at radius 1 is 1.39 bits per heavy atom. The molecule has 0 aromatic heterocycles. The summed E-state index contributed by atoms with van der Waals surface area (Å²) in [5.74, 6) is -0.595. The van der Waals surface area contributed by atoms with Crippen LogP contribution in [0, 0.1) is 6.92 Å². The highest BCUT2D eigenvalue weighted by Crippen LogP contribution is 2.20. The van der Waals surface area contributed by atoms with Crippen LogP contribution < -0.4 is 0 Å². The smallest absolute Gasteiger partial charge is 0.325 e. The van der Waals surface area contributed by atoms with Gasteiger partial charge in [-0.15, -0.1) is 0 Å². The first-order valence-corrected chi connectivity index (χ1v) is 6.42. The van der Waals surface area contributed by atoms with Gasteiger partial charge < -0.3 is 9.64 Å². The molecule has 5 heteroatoms. The molecule has 0 heterocycles. The number of likely N-dealkylation sites (N-methyl/N-ethyl adjacent to an activating group) is 1. The number of halogens is 1. The van der Waals surface area contributed by atoms with Crippen LogP contribution in [0.25, 0.3) is 0 Å². The molecule has 1 aromatic rings. The van der Waals surface area contributed by atoms with Crippen LogP contribution in [-0.2, 0) is 9.53 Å². The van der Waals surface area contributed by atoms with Crippen molar-refractivity contribution in [1.29, 1.82) is 0 Å². The third kappa shape index (κ3) is 3.57. The Balaban J connectivity index is 2.81. The zero-order chi connectivity index (χ0) is 13.7. The molecule has 0 fully saturated rings. The van der Waals surface area contributed by atoms with Crippen molar-refractivity contribution >= 4 is 27.8 Å². The molecular weight excluding hydrogens is 298 g/mol. The first kappa shape index (κ1) is 14.7. The molecule has 98 valence electrons. The van der Waals surface area contributed by atoms with Crippen LogP contribution in [-0.4, -0.2) is 37.0 Å². The van der Waals surface area contributed by atoms with Gasteiger partial charge in [0.1, 0.15) is 6.54 Å². The zero-order valence-electron chi connectivity index (χ0n) is 10.7. The molecule has 0 atom stereocenters. The molecule has 0 radical (unpaired) electrons. The number of benzene rings is 1. The van der Waals surface area contributed by atoms with Crippen molar-refractivity contribution in [2.75, 3.05) is 20.2 Å². The SMILES string of the molecule is CCOC(=O)CN(C)C(=O)c1cccc(Br)c1C. The van der Waals surface area contributed by atoms with Gasteiger partial charge in [-0.25, -0.2) is 0 Å². The molecule has 0 bridgehead atoms. The van der Waals surface area contributed by atoms with Crippen molar-refractivity contribution in [3.63, 3.8) is 0 Å². The molecule has 18 heavy (non-hydrogen) atoms. The number of amides is 1. The number of esters is 1. The number of rotatable bonds is 4. The monoisotopic (exact) mass is 313 g/mol. The van der Waals surface area contributed by atoms with Gasteiger partial charge in [0.15, 0.2) is 0 Å². The molecular formula is C13H16BrNO3. The summed E-state index contributed by atoms with van der Waals surface area (Å²) in [6, 6.07) is 5.41. The Bertz CT molecular complexity index is 460. The van der Waals surface area contributed by atoms with Crippen LogP contribution in [0.1, 0.15) is 22.8 Å². The highest BCUT2D eigenvalue weighted by molar-refractivity contribution is 9.10. The second-order valence-corrected chi connectivity index (χ2v) is 4.73. The van der Waals surface area contributed by atoms with Crippen molar-refractivity contribution < 1.29 is 14.3 Å². The van der Waals surface area contributed by atoms with Crippen LogP contribution in [0.3, 0.4) is 0 Å². The third-order valence-electron chi connectivity index (χ3n) is 2.52. The summed E-state index contributed by atoms with van der Waals surface area (Å²) in [6.07, 6.45) is 0. The standard InChI is InChI=1S/C13H16BrNO3/c1-4-18-12(16)8-15(3)13(17)10-6-5-7-11(14)9(10)2/h5-7H,4,8H2,1-3H3. The third-order valence-corrected chi connectivity index (χ3v) is 3.38. The zero-order valence-corrected chi connectivity index (χ0v) is 12.3. The summed E-state index contributed by atoms with van der Waals surface area (Å²) in [4.78, 5) is 24.8. The number of nitrogens with zero attached hydrogens (tertiary/aromatic N) is 1. The molecule has 0 aliphatic rings. The van der Waals surface area contributed by atoms with Gasteiger partial charge in [-0.3, -0.25) is 9.59 Å². The van der Waals surface area contributed by atoms with E-state index in [9.17, 15) is 9.59 Å². The molecule has 1 amide bonds. The lowest BCUT2D eigenvalue weighted by atomic mass is 10.1. The summed E-state index contributed by atoms with van der Waals surface area (Å²) >= 11 is 3.38. The molecule has 0 unspecified atom stereocenters. The minimum absolute atomic E-state index is 0.0430. The minimum Gasteiger partial charge on any atom is -0.465 e. The van der Waals surface area contributed by atoms with Crippen molar-refractivity contribution in [3.8, 4) is 0 Å². The van der Waals surface area contributed by atoms with Gasteiger partial charge in [0, 0.05) is 17.1 Å². The Morgan fingerprint density at radius 3 is 2.67 bits per heavy atom. The maximum absolute atomic E-state index is 12.2. The molecule has 0 saturated heterocycles. The van der Waals surface area contributed by atoms with Crippen molar-refractivity contribution in [2.24, 2.45) is 0 Å². The van der Waals surface area contributed by atoms with Gasteiger partial charge >= 0.3 is 5.97 Å². The van der Waals surface area contributed by atoms with Crippen LogP contribution in [0.2, 0.25) is 0 Å². The predicted molar refractivity (Wildman–Crippen MR) is 72.5 cm³/mol. The van der Waals surface area contributed by atoms with E-state index < -0.39 is 5.97 Å². The van der Waals surface area contributed by atoms with E-state index in [1.807, 2.05) is 13.0 Å². The number of hydrogen-bond donors (Lipinski definition) is 0. The highest BCUT2D eigenvalue weighted by Gasteiger charge is 2.17. The van der Waals surface area contributed by atoms with Gasteiger partial charge in [0.25, 0.3) is 5.91 Å². The largest absolute Gasteiger partial charge is 0.465 e.